The minimum absolute atomic E-state index is 0.628. The number of pyridine rings is 1. The van der Waals surface area contributed by atoms with Crippen molar-refractivity contribution in [3.63, 3.8) is 0 Å². The number of nitrogens with zero attached hydrogens (tertiary/aromatic N) is 3. The summed E-state index contributed by atoms with van der Waals surface area (Å²) in [5, 5.41) is 14.3. The number of anilines is 1. The van der Waals surface area contributed by atoms with Gasteiger partial charge in [0.05, 0.1) is 11.2 Å². The van der Waals surface area contributed by atoms with E-state index < -0.39 is 0 Å². The first-order valence-corrected chi connectivity index (χ1v) is 7.00. The van der Waals surface area contributed by atoms with Gasteiger partial charge in [0.1, 0.15) is 16.6 Å². The lowest BCUT2D eigenvalue weighted by molar-refractivity contribution is 1.16. The van der Waals surface area contributed by atoms with Gasteiger partial charge >= 0.3 is 0 Å². The molecule has 0 aliphatic carbocycles. The summed E-state index contributed by atoms with van der Waals surface area (Å²) in [6, 6.07) is 12.3. The molecule has 0 radical (unpaired) electrons. The van der Waals surface area contributed by atoms with Gasteiger partial charge < -0.3 is 5.32 Å². The van der Waals surface area contributed by atoms with E-state index in [1.807, 2.05) is 37.3 Å². The second-order valence-corrected chi connectivity index (χ2v) is 5.20. The van der Waals surface area contributed by atoms with Crippen LogP contribution in [0.25, 0.3) is 10.9 Å². The van der Waals surface area contributed by atoms with Crippen molar-refractivity contribution in [3.05, 3.63) is 53.3 Å². The van der Waals surface area contributed by atoms with Crippen LogP contribution in [-0.4, -0.2) is 9.36 Å². The van der Waals surface area contributed by atoms with Crippen LogP contribution in [-0.2, 0) is 6.54 Å². The van der Waals surface area contributed by atoms with Gasteiger partial charge in [0, 0.05) is 18.1 Å². The molecule has 0 saturated heterocycles. The number of hydrogen-bond donors (Lipinski definition) is 1. The molecule has 20 heavy (non-hydrogen) atoms. The van der Waals surface area contributed by atoms with Crippen LogP contribution >= 0.6 is 11.5 Å². The van der Waals surface area contributed by atoms with E-state index in [0.29, 0.717) is 12.1 Å². The van der Waals surface area contributed by atoms with Crippen LogP contribution in [0.2, 0.25) is 0 Å². The van der Waals surface area contributed by atoms with Gasteiger partial charge in [-0.2, -0.15) is 9.64 Å². The van der Waals surface area contributed by atoms with Gasteiger partial charge in [-0.05, 0) is 30.1 Å². The Kier molecular flexibility index (Phi) is 3.32. The summed E-state index contributed by atoms with van der Waals surface area (Å²) in [4.78, 5) is 4.42. The Balaban J connectivity index is 1.89. The molecule has 0 aliphatic heterocycles. The number of fused-ring (bicyclic) bond motifs is 1. The highest BCUT2D eigenvalue weighted by Crippen LogP contribution is 2.25. The molecule has 0 aliphatic rings. The lowest BCUT2D eigenvalue weighted by Gasteiger charge is -2.07. The van der Waals surface area contributed by atoms with Gasteiger partial charge in [0.15, 0.2) is 0 Å². The number of hydrogen-bond acceptors (Lipinski definition) is 5. The molecule has 4 nitrogen and oxygen atoms in total. The van der Waals surface area contributed by atoms with Crippen molar-refractivity contribution >= 4 is 27.4 Å². The zero-order valence-electron chi connectivity index (χ0n) is 10.9. The van der Waals surface area contributed by atoms with Crippen LogP contribution in [0.1, 0.15) is 16.8 Å². The maximum Gasteiger partial charge on any atom is 0.127 e. The fourth-order valence-corrected chi connectivity index (χ4v) is 2.85. The number of nitriles is 1. The van der Waals surface area contributed by atoms with Crippen LogP contribution < -0.4 is 5.32 Å². The van der Waals surface area contributed by atoms with Crippen LogP contribution in [0.3, 0.4) is 0 Å². The lowest BCUT2D eigenvalue weighted by atomic mass is 10.1. The Labute approximate surface area is 120 Å². The van der Waals surface area contributed by atoms with E-state index in [1.165, 1.54) is 11.5 Å². The minimum atomic E-state index is 0.628. The molecule has 2 heterocycles. The molecule has 3 rings (SSSR count). The van der Waals surface area contributed by atoms with Crippen molar-refractivity contribution in [2.24, 2.45) is 0 Å². The largest absolute Gasteiger partial charge is 0.370 e. The summed E-state index contributed by atoms with van der Waals surface area (Å²) in [5.74, 6) is 0. The Morgan fingerprint density at radius 2 is 2.15 bits per heavy atom. The van der Waals surface area contributed by atoms with Crippen molar-refractivity contribution < 1.29 is 0 Å². The highest BCUT2D eigenvalue weighted by molar-refractivity contribution is 7.10. The Bertz CT molecular complexity index is 796. The van der Waals surface area contributed by atoms with Gasteiger partial charge in [0.25, 0.3) is 0 Å². The molecule has 0 fully saturated rings. The van der Waals surface area contributed by atoms with Crippen LogP contribution in [0.15, 0.2) is 36.5 Å². The van der Waals surface area contributed by atoms with Crippen molar-refractivity contribution in [2.45, 2.75) is 13.5 Å². The molecule has 1 N–H and O–H groups in total. The fraction of sp³-hybridized carbons (Fsp3) is 0.133. The molecule has 5 heteroatoms. The van der Waals surface area contributed by atoms with Gasteiger partial charge in [-0.25, -0.2) is 0 Å². The molecule has 1 aromatic carbocycles. The number of rotatable bonds is 3. The number of aryl methyl sites for hydroxylation is 1. The predicted molar refractivity (Wildman–Crippen MR) is 80.6 cm³/mol. The highest BCUT2D eigenvalue weighted by Gasteiger charge is 2.10. The maximum atomic E-state index is 9.12. The van der Waals surface area contributed by atoms with E-state index in [9.17, 15) is 0 Å². The third-order valence-electron chi connectivity index (χ3n) is 3.13. The highest BCUT2D eigenvalue weighted by atomic mass is 32.1. The van der Waals surface area contributed by atoms with Crippen molar-refractivity contribution in [1.82, 2.24) is 9.36 Å². The molecule has 2 aromatic heterocycles. The van der Waals surface area contributed by atoms with E-state index in [-0.39, 0.29) is 0 Å². The first-order valence-electron chi connectivity index (χ1n) is 6.22. The van der Waals surface area contributed by atoms with Gasteiger partial charge in [-0.1, -0.05) is 24.3 Å². The number of para-hydroxylation sites is 1. The normalized spacial score (nSPS) is 10.4. The zero-order valence-corrected chi connectivity index (χ0v) is 11.7. The van der Waals surface area contributed by atoms with Gasteiger partial charge in [0.2, 0.25) is 0 Å². The summed E-state index contributed by atoms with van der Waals surface area (Å²) in [6.07, 6.45) is 1.80. The Morgan fingerprint density at radius 3 is 3.00 bits per heavy atom. The summed E-state index contributed by atoms with van der Waals surface area (Å²) < 4.78 is 4.20. The minimum Gasteiger partial charge on any atom is -0.370 e. The van der Waals surface area contributed by atoms with Crippen LogP contribution in [0.5, 0.6) is 0 Å². The summed E-state index contributed by atoms with van der Waals surface area (Å²) in [7, 11) is 0. The zero-order chi connectivity index (χ0) is 13.9. The average Bonchev–Trinajstić information content (AvgIpc) is 2.85. The number of aromatic nitrogens is 2. The topological polar surface area (TPSA) is 61.6 Å². The maximum absolute atomic E-state index is 9.12. The third kappa shape index (κ3) is 2.22. The number of nitrogens with one attached hydrogen (secondary N) is 1. The van der Waals surface area contributed by atoms with E-state index in [1.54, 1.807) is 6.20 Å². The summed E-state index contributed by atoms with van der Waals surface area (Å²) in [5.41, 5.74) is 3.50. The third-order valence-corrected chi connectivity index (χ3v) is 4.03. The SMILES string of the molecule is Cc1nsc(NCc2cccc3cccnc23)c1C#N. The molecule has 0 spiro atoms. The molecule has 0 unspecified atom stereocenters. The molecule has 0 bridgehead atoms. The monoisotopic (exact) mass is 280 g/mol. The molecule has 98 valence electrons. The molecule has 0 saturated carbocycles. The van der Waals surface area contributed by atoms with Gasteiger partial charge in [-0.3, -0.25) is 4.98 Å². The first-order chi connectivity index (χ1) is 9.79. The van der Waals surface area contributed by atoms with Gasteiger partial charge in [-0.15, -0.1) is 0 Å². The van der Waals surface area contributed by atoms with E-state index in [4.69, 9.17) is 5.26 Å². The molecule has 3 aromatic rings. The van der Waals surface area contributed by atoms with Crippen molar-refractivity contribution in [3.8, 4) is 6.07 Å². The second-order valence-electron chi connectivity index (χ2n) is 4.43. The van der Waals surface area contributed by atoms with Crippen LogP contribution in [0, 0.1) is 18.3 Å². The first kappa shape index (κ1) is 12.6. The quantitative estimate of drug-likeness (QED) is 0.797. The van der Waals surface area contributed by atoms with E-state index in [2.05, 4.69) is 20.7 Å². The van der Waals surface area contributed by atoms with E-state index >= 15 is 0 Å². The molecular weight excluding hydrogens is 268 g/mol. The fourth-order valence-electron chi connectivity index (χ4n) is 2.11. The standard InChI is InChI=1S/C15H12N4S/c1-10-13(8-16)15(20-19-10)18-9-12-5-2-4-11-6-3-7-17-14(11)12/h2-7,18H,9H2,1H3. The average molecular weight is 280 g/mol. The van der Waals surface area contributed by atoms with E-state index in [0.717, 1.165) is 27.2 Å². The molecule has 0 amide bonds. The molecular formula is C15H12N4S. The summed E-state index contributed by atoms with van der Waals surface area (Å²) in [6.45, 7) is 2.48. The predicted octanol–water partition coefficient (Wildman–Crippen LogP) is 3.48. The van der Waals surface area contributed by atoms with Crippen molar-refractivity contribution in [1.29, 1.82) is 5.26 Å². The Hall–Kier alpha value is -2.45. The van der Waals surface area contributed by atoms with Crippen LogP contribution in [0.4, 0.5) is 5.00 Å². The molecule has 0 atom stereocenters. The Morgan fingerprint density at radius 1 is 1.30 bits per heavy atom. The summed E-state index contributed by atoms with van der Waals surface area (Å²) >= 11 is 1.32. The van der Waals surface area contributed by atoms with Crippen molar-refractivity contribution in [2.75, 3.05) is 5.32 Å². The number of benzene rings is 1. The smallest absolute Gasteiger partial charge is 0.127 e. The lowest BCUT2D eigenvalue weighted by Crippen LogP contribution is -2.00. The second kappa shape index (κ2) is 5.27.